The molecule has 0 rings (SSSR count). The maximum atomic E-state index is 11.2. The zero-order valence-electron chi connectivity index (χ0n) is 8.92. The Morgan fingerprint density at radius 1 is 1.46 bits per heavy atom. The number of esters is 1. The first kappa shape index (κ1) is 12.4. The fourth-order valence-corrected chi connectivity index (χ4v) is 0.678. The monoisotopic (exact) mass is 189 g/mol. The first-order valence-corrected chi connectivity index (χ1v) is 4.43. The molecule has 0 bridgehead atoms. The molecule has 2 atom stereocenters. The molecule has 2 unspecified atom stereocenters. The van der Waals surface area contributed by atoms with E-state index in [1.165, 1.54) is 6.92 Å². The Kier molecular flexibility index (Phi) is 4.36. The number of hydrogen-bond donors (Lipinski definition) is 2. The summed E-state index contributed by atoms with van der Waals surface area (Å²) in [5.74, 6) is -2.07. The van der Waals surface area contributed by atoms with E-state index in [1.807, 2.05) is 0 Å². The van der Waals surface area contributed by atoms with Crippen molar-refractivity contribution in [1.82, 2.24) is 5.32 Å². The van der Waals surface area contributed by atoms with Gasteiger partial charge in [-0.25, -0.2) is 0 Å². The van der Waals surface area contributed by atoms with Crippen molar-refractivity contribution in [2.75, 3.05) is 7.05 Å². The van der Waals surface area contributed by atoms with Gasteiger partial charge in [0.2, 0.25) is 5.79 Å². The minimum Gasteiger partial charge on any atom is -0.432 e. The van der Waals surface area contributed by atoms with Crippen LogP contribution in [0.4, 0.5) is 0 Å². The van der Waals surface area contributed by atoms with Crippen LogP contribution in [0.25, 0.3) is 0 Å². The van der Waals surface area contributed by atoms with E-state index in [2.05, 4.69) is 5.32 Å². The molecule has 0 heterocycles. The Hall–Kier alpha value is -0.610. The molecule has 0 aromatic rings. The first-order chi connectivity index (χ1) is 5.81. The van der Waals surface area contributed by atoms with E-state index in [9.17, 15) is 9.90 Å². The smallest absolute Gasteiger partial charge is 0.310 e. The van der Waals surface area contributed by atoms with Crippen LogP contribution >= 0.6 is 0 Å². The lowest BCUT2D eigenvalue weighted by atomic mass is 10.1. The second-order valence-electron chi connectivity index (χ2n) is 3.64. The fourth-order valence-electron chi connectivity index (χ4n) is 0.678. The summed E-state index contributed by atoms with van der Waals surface area (Å²) in [5.41, 5.74) is 0. The molecule has 0 aliphatic rings. The molecular formula is C9H19NO3. The number of carbonyl (C=O) groups excluding carboxylic acids is 1. The Balaban J connectivity index is 4.24. The third-order valence-electron chi connectivity index (χ3n) is 2.02. The normalized spacial score (nSPS) is 18.1. The minimum absolute atomic E-state index is 0.226. The summed E-state index contributed by atoms with van der Waals surface area (Å²) in [6, 6.07) is -0.296. The SMILES string of the molecule is CNC(C)C(C)(O)OC(=O)C(C)C. The van der Waals surface area contributed by atoms with E-state index in [0.29, 0.717) is 0 Å². The highest BCUT2D eigenvalue weighted by molar-refractivity contribution is 5.71. The fraction of sp³-hybridized carbons (Fsp3) is 0.889. The largest absolute Gasteiger partial charge is 0.432 e. The van der Waals surface area contributed by atoms with E-state index in [1.54, 1.807) is 27.8 Å². The molecule has 0 aliphatic heterocycles. The molecule has 0 saturated heterocycles. The summed E-state index contributed by atoms with van der Waals surface area (Å²) in [7, 11) is 1.70. The number of likely N-dealkylation sites (N-methyl/N-ethyl adjacent to an activating group) is 1. The van der Waals surface area contributed by atoms with Gasteiger partial charge in [-0.2, -0.15) is 0 Å². The van der Waals surface area contributed by atoms with Crippen LogP contribution in [0.15, 0.2) is 0 Å². The van der Waals surface area contributed by atoms with Crippen molar-refractivity contribution in [3.05, 3.63) is 0 Å². The molecule has 0 fully saturated rings. The summed E-state index contributed by atoms with van der Waals surface area (Å²) >= 11 is 0. The Morgan fingerprint density at radius 3 is 2.23 bits per heavy atom. The van der Waals surface area contributed by atoms with E-state index < -0.39 is 11.8 Å². The second-order valence-corrected chi connectivity index (χ2v) is 3.64. The lowest BCUT2D eigenvalue weighted by Gasteiger charge is -2.30. The van der Waals surface area contributed by atoms with Gasteiger partial charge >= 0.3 is 5.97 Å². The molecule has 0 aromatic carbocycles. The summed E-state index contributed by atoms with van der Waals surface area (Å²) in [6.45, 7) is 6.66. The molecule has 78 valence electrons. The Labute approximate surface area is 79.3 Å². The molecular weight excluding hydrogens is 170 g/mol. The molecule has 0 amide bonds. The number of aliphatic hydroxyl groups is 1. The topological polar surface area (TPSA) is 58.6 Å². The van der Waals surface area contributed by atoms with Crippen LogP contribution in [0, 0.1) is 5.92 Å². The molecule has 2 N–H and O–H groups in total. The number of hydrogen-bond acceptors (Lipinski definition) is 4. The highest BCUT2D eigenvalue weighted by atomic mass is 16.7. The lowest BCUT2D eigenvalue weighted by molar-refractivity contribution is -0.214. The number of ether oxygens (including phenoxy) is 1. The van der Waals surface area contributed by atoms with Gasteiger partial charge in [0.05, 0.1) is 12.0 Å². The lowest BCUT2D eigenvalue weighted by Crippen LogP contribution is -2.49. The molecule has 13 heavy (non-hydrogen) atoms. The van der Waals surface area contributed by atoms with Crippen LogP contribution in [0.3, 0.4) is 0 Å². The van der Waals surface area contributed by atoms with Gasteiger partial charge in [-0.3, -0.25) is 4.79 Å². The highest BCUT2D eigenvalue weighted by Crippen LogP contribution is 2.13. The van der Waals surface area contributed by atoms with Gasteiger partial charge in [-0.05, 0) is 14.0 Å². The van der Waals surface area contributed by atoms with Gasteiger partial charge in [0.15, 0.2) is 0 Å². The second kappa shape index (κ2) is 4.58. The number of carbonyl (C=O) groups is 1. The zero-order chi connectivity index (χ0) is 10.6. The maximum Gasteiger partial charge on any atom is 0.310 e. The first-order valence-electron chi connectivity index (χ1n) is 4.43. The summed E-state index contributed by atoms with van der Waals surface area (Å²) < 4.78 is 4.91. The Bertz CT molecular complexity index is 178. The predicted molar refractivity (Wildman–Crippen MR) is 50.1 cm³/mol. The van der Waals surface area contributed by atoms with Crippen molar-refractivity contribution < 1.29 is 14.6 Å². The summed E-state index contributed by atoms with van der Waals surface area (Å²) in [4.78, 5) is 11.2. The van der Waals surface area contributed by atoms with Crippen LogP contribution in [0.5, 0.6) is 0 Å². The van der Waals surface area contributed by atoms with Gasteiger partial charge in [0.25, 0.3) is 0 Å². The molecule has 4 heteroatoms. The van der Waals surface area contributed by atoms with Crippen molar-refractivity contribution in [3.8, 4) is 0 Å². The van der Waals surface area contributed by atoms with Crippen molar-refractivity contribution >= 4 is 5.97 Å². The Morgan fingerprint density at radius 2 is 1.92 bits per heavy atom. The van der Waals surface area contributed by atoms with Crippen LogP contribution < -0.4 is 5.32 Å². The molecule has 0 saturated carbocycles. The standard InChI is InChI=1S/C9H19NO3/c1-6(2)8(11)13-9(4,12)7(3)10-5/h6-7,10,12H,1-5H3. The average molecular weight is 189 g/mol. The van der Waals surface area contributed by atoms with Crippen molar-refractivity contribution in [3.63, 3.8) is 0 Å². The number of rotatable bonds is 4. The van der Waals surface area contributed by atoms with Crippen molar-refractivity contribution in [1.29, 1.82) is 0 Å². The van der Waals surface area contributed by atoms with Crippen LogP contribution in [-0.4, -0.2) is 30.0 Å². The highest BCUT2D eigenvalue weighted by Gasteiger charge is 2.32. The van der Waals surface area contributed by atoms with Gasteiger partial charge in [-0.1, -0.05) is 13.8 Å². The third kappa shape index (κ3) is 3.74. The molecule has 0 radical (unpaired) electrons. The van der Waals surface area contributed by atoms with Crippen molar-refractivity contribution in [2.45, 2.75) is 39.5 Å². The van der Waals surface area contributed by atoms with Crippen molar-refractivity contribution in [2.24, 2.45) is 5.92 Å². The van der Waals surface area contributed by atoms with Gasteiger partial charge in [-0.15, -0.1) is 0 Å². The molecule has 4 nitrogen and oxygen atoms in total. The van der Waals surface area contributed by atoms with E-state index >= 15 is 0 Å². The quantitative estimate of drug-likeness (QED) is 0.499. The third-order valence-corrected chi connectivity index (χ3v) is 2.02. The molecule has 0 aromatic heterocycles. The maximum absolute atomic E-state index is 11.2. The zero-order valence-corrected chi connectivity index (χ0v) is 8.92. The summed E-state index contributed by atoms with van der Waals surface area (Å²) in [5, 5.41) is 12.5. The summed E-state index contributed by atoms with van der Waals surface area (Å²) in [6.07, 6.45) is 0. The van der Waals surface area contributed by atoms with Crippen LogP contribution in [-0.2, 0) is 9.53 Å². The average Bonchev–Trinajstić information content (AvgIpc) is 2.01. The molecule has 0 aliphatic carbocycles. The van der Waals surface area contributed by atoms with Crippen LogP contribution in [0.2, 0.25) is 0 Å². The van der Waals surface area contributed by atoms with Crippen LogP contribution in [0.1, 0.15) is 27.7 Å². The number of nitrogens with one attached hydrogen (secondary N) is 1. The predicted octanol–water partition coefficient (Wildman–Crippen LogP) is 0.502. The molecule has 0 spiro atoms. The van der Waals surface area contributed by atoms with Gasteiger partial charge in [0, 0.05) is 6.92 Å². The van der Waals surface area contributed by atoms with E-state index in [-0.39, 0.29) is 12.0 Å². The van der Waals surface area contributed by atoms with Gasteiger partial charge in [0.1, 0.15) is 0 Å². The van der Waals surface area contributed by atoms with E-state index in [0.717, 1.165) is 0 Å². The van der Waals surface area contributed by atoms with E-state index in [4.69, 9.17) is 4.74 Å². The minimum atomic E-state index is -1.45. The van der Waals surface area contributed by atoms with Gasteiger partial charge < -0.3 is 15.2 Å².